The van der Waals surface area contributed by atoms with E-state index in [1.54, 1.807) is 0 Å². The van der Waals surface area contributed by atoms with Crippen molar-refractivity contribution >= 4 is 87.2 Å². The van der Waals surface area contributed by atoms with Gasteiger partial charge in [-0.05, 0) is 239 Å². The maximum Gasteiger partial charge on any atom is 0.0713 e. The van der Waals surface area contributed by atoms with Crippen LogP contribution in [-0.2, 0) is 10.8 Å². The van der Waals surface area contributed by atoms with Gasteiger partial charge in [0.1, 0.15) is 0 Å². The molecule has 4 nitrogen and oxygen atoms in total. The number of aromatic nitrogens is 4. The third-order valence-corrected chi connectivity index (χ3v) is 27.2. The van der Waals surface area contributed by atoms with Gasteiger partial charge in [0.05, 0.1) is 55.0 Å². The molecule has 24 aromatic rings. The second-order valence-electron chi connectivity index (χ2n) is 33.7. The van der Waals surface area contributed by atoms with Crippen LogP contribution in [0.25, 0.3) is 177 Å². The van der Waals surface area contributed by atoms with Gasteiger partial charge in [-0.15, -0.1) is 0 Å². The lowest BCUT2D eigenvalue weighted by Gasteiger charge is -2.34. The first kappa shape index (κ1) is 72.4. The van der Waals surface area contributed by atoms with Gasteiger partial charge in [0.2, 0.25) is 0 Å². The van der Waals surface area contributed by atoms with E-state index in [1.807, 2.05) is 0 Å². The first-order chi connectivity index (χ1) is 62.5. The molecule has 2 aliphatic rings. The quantitative estimate of drug-likeness (QED) is 0.116. The Morgan fingerprint density at radius 3 is 0.873 bits per heavy atom. The molecule has 0 radical (unpaired) electrons. The summed E-state index contributed by atoms with van der Waals surface area (Å²) in [6, 6.07) is 179. The molecule has 4 heterocycles. The lowest BCUT2D eigenvalue weighted by Crippen LogP contribution is -2.28. The van der Waals surface area contributed by atoms with Crippen LogP contribution < -0.4 is 0 Å². The van der Waals surface area contributed by atoms with E-state index in [-0.39, 0.29) is 0 Å². The Labute approximate surface area is 730 Å². The molecular weight excluding hydrogens is 1520 g/mol. The molecule has 4 heteroatoms. The van der Waals surface area contributed by atoms with Crippen LogP contribution in [0.1, 0.15) is 44.5 Å². The molecular formula is C122H80N4. The maximum atomic E-state index is 2.52. The molecule has 0 amide bonds. The lowest BCUT2D eigenvalue weighted by atomic mass is 9.67. The molecule has 2 aliphatic carbocycles. The number of rotatable bonds is 12. The van der Waals surface area contributed by atoms with Crippen molar-refractivity contribution in [3.8, 4) is 89.5 Å². The number of para-hydroxylation sites is 4. The molecule has 588 valence electrons. The maximum absolute atomic E-state index is 2.52. The topological polar surface area (TPSA) is 19.7 Å². The number of nitrogens with zero attached hydrogens (tertiary/aromatic N) is 4. The van der Waals surface area contributed by atoms with Crippen molar-refractivity contribution in [2.75, 3.05) is 0 Å². The van der Waals surface area contributed by atoms with Crippen LogP contribution in [0, 0.1) is 0 Å². The molecule has 4 aromatic heterocycles. The summed E-state index contributed by atoms with van der Waals surface area (Å²) in [6.45, 7) is 0. The molecule has 0 aliphatic heterocycles. The Bertz CT molecular complexity index is 8180. The number of hydrogen-bond donors (Lipinski definition) is 0. The summed E-state index contributed by atoms with van der Waals surface area (Å²) in [4.78, 5) is 0. The van der Waals surface area contributed by atoms with Gasteiger partial charge in [-0.1, -0.05) is 358 Å². The third-order valence-electron chi connectivity index (χ3n) is 27.2. The highest BCUT2D eigenvalue weighted by atomic mass is 15.0. The fourth-order valence-electron chi connectivity index (χ4n) is 21.8. The molecule has 0 N–H and O–H groups in total. The predicted octanol–water partition coefficient (Wildman–Crippen LogP) is 31.2. The van der Waals surface area contributed by atoms with Crippen LogP contribution in [0.15, 0.2) is 485 Å². The highest BCUT2D eigenvalue weighted by Crippen LogP contribution is 2.61. The van der Waals surface area contributed by atoms with Crippen molar-refractivity contribution in [2.45, 2.75) is 10.8 Å². The van der Waals surface area contributed by atoms with E-state index in [0.29, 0.717) is 0 Å². The predicted molar refractivity (Wildman–Crippen MR) is 527 cm³/mol. The first-order valence-electron chi connectivity index (χ1n) is 43.7. The summed E-state index contributed by atoms with van der Waals surface area (Å²) in [5, 5.41) is 9.99. The second-order valence-corrected chi connectivity index (χ2v) is 33.7. The summed E-state index contributed by atoms with van der Waals surface area (Å²) in [6.07, 6.45) is 0. The minimum atomic E-state index is -0.484. The van der Waals surface area contributed by atoms with Crippen molar-refractivity contribution in [1.29, 1.82) is 0 Å². The Kier molecular flexibility index (Phi) is 16.8. The van der Waals surface area contributed by atoms with Gasteiger partial charge in [0, 0.05) is 65.8 Å². The van der Waals surface area contributed by atoms with E-state index in [9.17, 15) is 0 Å². The van der Waals surface area contributed by atoms with Crippen LogP contribution in [0.3, 0.4) is 0 Å². The summed E-state index contributed by atoms with van der Waals surface area (Å²) < 4.78 is 9.74. The van der Waals surface area contributed by atoms with Crippen molar-refractivity contribution < 1.29 is 0 Å². The second kappa shape index (κ2) is 29.2. The van der Waals surface area contributed by atoms with E-state index < -0.39 is 10.8 Å². The summed E-state index contributed by atoms with van der Waals surface area (Å²) in [5.41, 5.74) is 38.4. The highest BCUT2D eigenvalue weighted by molar-refractivity contribution is 6.20. The molecule has 0 spiro atoms. The fourth-order valence-corrected chi connectivity index (χ4v) is 21.8. The summed E-state index contributed by atoms with van der Waals surface area (Å²) in [7, 11) is 0. The van der Waals surface area contributed by atoms with Crippen LogP contribution >= 0.6 is 0 Å². The minimum Gasteiger partial charge on any atom is -0.309 e. The van der Waals surface area contributed by atoms with Crippen molar-refractivity contribution in [3.05, 3.63) is 530 Å². The SMILES string of the molecule is c1ccc(-c2ccc(-n3c4ccccc4c4cc(-c5ccc6c(c5)c5c7c(ccc5n6-c5ccccc5)C(c5ccccc5)(c5ccccc5)c5ccccc5-7)ccc43)cc2)cc1.c1ccc(-c2ccc(-n3c4ccccc4c4cc(-c5ccc6c(c5)c5cc7c(cc5n6-c5ccccc5)-c5ccccc5C7(c5ccccc5)c5ccccc5)ccc43)cc2)cc1. The Morgan fingerprint density at radius 2 is 0.429 bits per heavy atom. The zero-order valence-electron chi connectivity index (χ0n) is 69.0. The number of benzene rings is 20. The minimum absolute atomic E-state index is 0.484. The molecule has 0 bridgehead atoms. The van der Waals surface area contributed by atoms with Gasteiger partial charge in [-0.2, -0.15) is 0 Å². The Hall–Kier alpha value is -16.4. The van der Waals surface area contributed by atoms with Gasteiger partial charge in [-0.3, -0.25) is 0 Å². The van der Waals surface area contributed by atoms with E-state index in [1.165, 1.54) is 198 Å². The van der Waals surface area contributed by atoms with Crippen LogP contribution in [0.4, 0.5) is 0 Å². The average Bonchev–Trinajstić information content (AvgIpc) is 1.51. The number of fused-ring (bicyclic) bond motifs is 19. The smallest absolute Gasteiger partial charge is 0.0713 e. The van der Waals surface area contributed by atoms with Crippen molar-refractivity contribution in [1.82, 2.24) is 18.3 Å². The van der Waals surface area contributed by atoms with Gasteiger partial charge >= 0.3 is 0 Å². The molecule has 20 aromatic carbocycles. The standard InChI is InChI=1S/2C61H40N2/c1-5-17-41(18-6-1)42-29-33-48(34-30-42)62-55-28-16-14-25-49(55)51-39-43(31-36-56(51)62)44-32-37-57-52(40-44)60-58(63(57)47-23-11-4-12-24-47)38-35-54-59(60)50-26-13-15-27-53(50)61(54,45-19-7-2-8-20-45)46-21-9-3-10-22-46;1-5-17-41(18-6-1)42-29-33-48(34-30-42)62-57-28-16-14-26-50(57)52-37-43(31-35-58(52)62)44-32-36-59-53(38-44)54-39-56-51(40-60(54)63(59)47-23-11-4-12-24-47)49-25-13-15-27-55(49)61(56,45-19-7-2-8-20-45)46-21-9-3-10-22-46/h2*1-40H. The molecule has 26 rings (SSSR count). The van der Waals surface area contributed by atoms with E-state index in [0.717, 1.165) is 22.7 Å². The molecule has 0 atom stereocenters. The van der Waals surface area contributed by atoms with Crippen molar-refractivity contribution in [2.24, 2.45) is 0 Å². The fraction of sp³-hybridized carbons (Fsp3) is 0.0164. The van der Waals surface area contributed by atoms with Gasteiger partial charge in [0.25, 0.3) is 0 Å². The zero-order valence-corrected chi connectivity index (χ0v) is 69.0. The molecule has 0 saturated carbocycles. The van der Waals surface area contributed by atoms with Gasteiger partial charge in [0.15, 0.2) is 0 Å². The van der Waals surface area contributed by atoms with Crippen LogP contribution in [-0.4, -0.2) is 18.3 Å². The number of hydrogen-bond acceptors (Lipinski definition) is 0. The van der Waals surface area contributed by atoms with Crippen LogP contribution in [0.2, 0.25) is 0 Å². The normalized spacial score (nSPS) is 12.9. The largest absolute Gasteiger partial charge is 0.309 e. The Morgan fingerprint density at radius 1 is 0.143 bits per heavy atom. The molecule has 0 saturated heterocycles. The lowest BCUT2D eigenvalue weighted by molar-refractivity contribution is 0.769. The van der Waals surface area contributed by atoms with Gasteiger partial charge < -0.3 is 18.3 Å². The zero-order chi connectivity index (χ0) is 83.0. The highest BCUT2D eigenvalue weighted by Gasteiger charge is 2.49. The average molecular weight is 1600 g/mol. The summed E-state index contributed by atoms with van der Waals surface area (Å²) in [5.74, 6) is 0. The molecule has 0 fully saturated rings. The summed E-state index contributed by atoms with van der Waals surface area (Å²) >= 11 is 0. The van der Waals surface area contributed by atoms with Crippen LogP contribution in [0.5, 0.6) is 0 Å². The van der Waals surface area contributed by atoms with Gasteiger partial charge in [-0.25, -0.2) is 0 Å². The first-order valence-corrected chi connectivity index (χ1v) is 43.7. The molecule has 0 unspecified atom stereocenters. The van der Waals surface area contributed by atoms with E-state index in [4.69, 9.17) is 0 Å². The Balaban J connectivity index is 0.000000137. The van der Waals surface area contributed by atoms with E-state index in [2.05, 4.69) is 504 Å². The van der Waals surface area contributed by atoms with Crippen molar-refractivity contribution in [3.63, 3.8) is 0 Å². The third kappa shape index (κ3) is 11.1. The van der Waals surface area contributed by atoms with E-state index >= 15 is 0 Å². The monoisotopic (exact) mass is 1600 g/mol. The molecule has 126 heavy (non-hydrogen) atoms.